The van der Waals surface area contributed by atoms with Gasteiger partial charge in [-0.15, -0.1) is 0 Å². The fourth-order valence-corrected chi connectivity index (χ4v) is 2.36. The highest BCUT2D eigenvalue weighted by Crippen LogP contribution is 2.23. The number of aliphatic hydroxyl groups excluding tert-OH is 1. The molecule has 112 valence electrons. The van der Waals surface area contributed by atoms with E-state index in [9.17, 15) is 13.6 Å². The number of carbonyl (C=O) groups is 1. The second-order valence-electron chi connectivity index (χ2n) is 4.13. The summed E-state index contributed by atoms with van der Waals surface area (Å²) in [4.78, 5) is 10.2. The van der Waals surface area contributed by atoms with E-state index < -0.39 is 11.9 Å². The van der Waals surface area contributed by atoms with E-state index in [0.717, 1.165) is 4.47 Å². The Morgan fingerprint density at radius 3 is 2.00 bits per heavy atom. The summed E-state index contributed by atoms with van der Waals surface area (Å²) in [6.45, 7) is 1.60. The van der Waals surface area contributed by atoms with Crippen molar-refractivity contribution >= 4 is 38.1 Å². The SMILES string of the molecule is CC(O)c1cc(F)ccc1Br.O=Cc1cc(F)ccc1Br. The highest BCUT2D eigenvalue weighted by molar-refractivity contribution is 9.10. The first-order valence-electron chi connectivity index (χ1n) is 5.88. The molecule has 2 rings (SSSR count). The van der Waals surface area contributed by atoms with Crippen molar-refractivity contribution in [1.29, 1.82) is 0 Å². The van der Waals surface area contributed by atoms with Gasteiger partial charge < -0.3 is 5.11 Å². The lowest BCUT2D eigenvalue weighted by Gasteiger charge is -2.06. The minimum Gasteiger partial charge on any atom is -0.389 e. The normalized spacial score (nSPS) is 11.3. The lowest BCUT2D eigenvalue weighted by atomic mass is 10.1. The van der Waals surface area contributed by atoms with Crippen LogP contribution in [0.25, 0.3) is 0 Å². The van der Waals surface area contributed by atoms with E-state index in [0.29, 0.717) is 21.9 Å². The number of hydrogen-bond donors (Lipinski definition) is 1. The van der Waals surface area contributed by atoms with Crippen molar-refractivity contribution in [3.8, 4) is 0 Å². The van der Waals surface area contributed by atoms with Crippen molar-refractivity contribution in [1.82, 2.24) is 0 Å². The summed E-state index contributed by atoms with van der Waals surface area (Å²) in [7, 11) is 0. The molecular formula is C15H12Br2F2O2. The molecule has 1 unspecified atom stereocenters. The Labute approximate surface area is 138 Å². The van der Waals surface area contributed by atoms with Gasteiger partial charge in [-0.1, -0.05) is 31.9 Å². The topological polar surface area (TPSA) is 37.3 Å². The van der Waals surface area contributed by atoms with Gasteiger partial charge in [-0.2, -0.15) is 0 Å². The predicted octanol–water partition coefficient (Wildman–Crippen LogP) is 5.04. The first-order valence-corrected chi connectivity index (χ1v) is 7.47. The first-order chi connectivity index (χ1) is 9.85. The number of aliphatic hydroxyl groups is 1. The Hall–Kier alpha value is -1.11. The molecule has 2 aromatic carbocycles. The Balaban J connectivity index is 0.000000211. The van der Waals surface area contributed by atoms with E-state index in [4.69, 9.17) is 5.11 Å². The summed E-state index contributed by atoms with van der Waals surface area (Å²) in [5.41, 5.74) is 0.907. The van der Waals surface area contributed by atoms with Crippen molar-refractivity contribution < 1.29 is 18.7 Å². The zero-order chi connectivity index (χ0) is 16.0. The van der Waals surface area contributed by atoms with Gasteiger partial charge in [0.25, 0.3) is 0 Å². The molecule has 0 aliphatic heterocycles. The van der Waals surface area contributed by atoms with Gasteiger partial charge in [0.2, 0.25) is 0 Å². The zero-order valence-corrected chi connectivity index (χ0v) is 14.2. The van der Waals surface area contributed by atoms with Crippen LogP contribution in [-0.2, 0) is 0 Å². The van der Waals surface area contributed by atoms with Crippen LogP contribution in [0.3, 0.4) is 0 Å². The van der Waals surface area contributed by atoms with Crippen LogP contribution < -0.4 is 0 Å². The summed E-state index contributed by atoms with van der Waals surface area (Å²) in [5.74, 6) is -0.727. The molecule has 1 atom stereocenters. The Morgan fingerprint density at radius 2 is 1.57 bits per heavy atom. The minimum absolute atomic E-state index is 0.330. The third-order valence-corrected chi connectivity index (χ3v) is 3.94. The summed E-state index contributed by atoms with van der Waals surface area (Å²) < 4.78 is 26.3. The molecule has 0 saturated heterocycles. The molecule has 6 heteroatoms. The fourth-order valence-electron chi connectivity index (χ4n) is 1.44. The molecule has 0 radical (unpaired) electrons. The van der Waals surface area contributed by atoms with E-state index in [1.54, 1.807) is 13.0 Å². The summed E-state index contributed by atoms with van der Waals surface area (Å²) in [5, 5.41) is 9.13. The second-order valence-corrected chi connectivity index (χ2v) is 5.83. The third kappa shape index (κ3) is 5.65. The highest BCUT2D eigenvalue weighted by atomic mass is 79.9. The Morgan fingerprint density at radius 1 is 1.05 bits per heavy atom. The molecule has 0 aromatic heterocycles. The van der Waals surface area contributed by atoms with Gasteiger partial charge in [0.05, 0.1) is 6.10 Å². The smallest absolute Gasteiger partial charge is 0.151 e. The molecule has 21 heavy (non-hydrogen) atoms. The lowest BCUT2D eigenvalue weighted by Crippen LogP contribution is -1.93. The highest BCUT2D eigenvalue weighted by Gasteiger charge is 2.06. The molecule has 0 saturated carbocycles. The van der Waals surface area contributed by atoms with Crippen molar-refractivity contribution in [3.05, 3.63) is 68.1 Å². The Kier molecular flexibility index (Phi) is 7.14. The quantitative estimate of drug-likeness (QED) is 0.689. The van der Waals surface area contributed by atoms with Crippen molar-refractivity contribution in [2.24, 2.45) is 0 Å². The molecule has 0 bridgehead atoms. The molecule has 0 aliphatic rings. The molecule has 0 aliphatic carbocycles. The molecule has 2 aromatic rings. The van der Waals surface area contributed by atoms with E-state index in [1.807, 2.05) is 0 Å². The van der Waals surface area contributed by atoms with Crippen LogP contribution in [0.4, 0.5) is 8.78 Å². The largest absolute Gasteiger partial charge is 0.389 e. The molecule has 0 fully saturated rings. The van der Waals surface area contributed by atoms with Gasteiger partial charge in [-0.05, 0) is 48.9 Å². The van der Waals surface area contributed by atoms with E-state index in [-0.39, 0.29) is 5.82 Å². The van der Waals surface area contributed by atoms with Gasteiger partial charge in [0.1, 0.15) is 11.6 Å². The van der Waals surface area contributed by atoms with Crippen molar-refractivity contribution in [3.63, 3.8) is 0 Å². The number of hydrogen-bond acceptors (Lipinski definition) is 2. The second kappa shape index (κ2) is 8.36. The number of benzene rings is 2. The standard InChI is InChI=1S/C8H8BrFO.C7H4BrFO/c1-5(11)7-4-6(10)2-3-8(7)9;8-7-2-1-6(9)3-5(7)4-10/h2-5,11H,1H3;1-4H. The maximum atomic E-state index is 12.6. The van der Waals surface area contributed by atoms with Crippen molar-refractivity contribution in [2.75, 3.05) is 0 Å². The van der Waals surface area contributed by atoms with E-state index >= 15 is 0 Å². The van der Waals surface area contributed by atoms with Crippen LogP contribution in [0.15, 0.2) is 45.3 Å². The fraction of sp³-hybridized carbons (Fsp3) is 0.133. The third-order valence-electron chi connectivity index (χ3n) is 2.49. The van der Waals surface area contributed by atoms with Crippen LogP contribution in [-0.4, -0.2) is 11.4 Å². The van der Waals surface area contributed by atoms with Crippen LogP contribution in [0, 0.1) is 11.6 Å². The maximum Gasteiger partial charge on any atom is 0.151 e. The zero-order valence-electron chi connectivity index (χ0n) is 11.0. The Bertz CT molecular complexity index is 631. The van der Waals surface area contributed by atoms with E-state index in [1.165, 1.54) is 30.3 Å². The van der Waals surface area contributed by atoms with Gasteiger partial charge >= 0.3 is 0 Å². The average Bonchev–Trinajstić information content (AvgIpc) is 2.44. The van der Waals surface area contributed by atoms with Gasteiger partial charge in [0, 0.05) is 14.5 Å². The van der Waals surface area contributed by atoms with Gasteiger partial charge in [0.15, 0.2) is 6.29 Å². The number of carbonyl (C=O) groups excluding carboxylic acids is 1. The van der Waals surface area contributed by atoms with E-state index in [2.05, 4.69) is 31.9 Å². The first kappa shape index (κ1) is 17.9. The average molecular weight is 422 g/mol. The van der Waals surface area contributed by atoms with Gasteiger partial charge in [-0.25, -0.2) is 8.78 Å². The van der Waals surface area contributed by atoms with Crippen LogP contribution in [0.1, 0.15) is 28.9 Å². The molecule has 0 amide bonds. The van der Waals surface area contributed by atoms with Crippen LogP contribution in [0.5, 0.6) is 0 Å². The summed E-state index contributed by atoms with van der Waals surface area (Å²) >= 11 is 6.30. The summed E-state index contributed by atoms with van der Waals surface area (Å²) in [6, 6.07) is 8.20. The monoisotopic (exact) mass is 420 g/mol. The molecule has 0 spiro atoms. The van der Waals surface area contributed by atoms with Crippen LogP contribution >= 0.6 is 31.9 Å². The van der Waals surface area contributed by atoms with Gasteiger partial charge in [-0.3, -0.25) is 4.79 Å². The molecule has 0 heterocycles. The molecule has 1 N–H and O–H groups in total. The molecule has 2 nitrogen and oxygen atoms in total. The minimum atomic E-state index is -0.639. The van der Waals surface area contributed by atoms with Crippen LogP contribution in [0.2, 0.25) is 0 Å². The number of rotatable bonds is 2. The predicted molar refractivity (Wildman–Crippen MR) is 84.2 cm³/mol. The summed E-state index contributed by atoms with van der Waals surface area (Å²) in [6.07, 6.45) is -0.0345. The van der Waals surface area contributed by atoms with Crippen molar-refractivity contribution in [2.45, 2.75) is 13.0 Å². The number of aldehydes is 1. The number of halogens is 4. The lowest BCUT2D eigenvalue weighted by molar-refractivity contribution is 0.112. The molecular weight excluding hydrogens is 410 g/mol. The maximum absolute atomic E-state index is 12.6.